The first kappa shape index (κ1) is 16.1. The monoisotopic (exact) mass is 330 g/mol. The molecule has 0 unspecified atom stereocenters. The third-order valence-electron chi connectivity index (χ3n) is 3.94. The van der Waals surface area contributed by atoms with Gasteiger partial charge in [0.15, 0.2) is 0 Å². The largest absolute Gasteiger partial charge is 0.417 e. The van der Waals surface area contributed by atoms with Gasteiger partial charge >= 0.3 is 12.1 Å². The number of amides is 1. The standard InChI is InChI=1S/C16H18N4O4/c1-2-10-7-12-13(19-14(10)21)8-11(9-18-12)15(22)24-16(23)20-5-3-17-4-6-20/h7-9,17H,2-6H2,1H3,(H,19,21). The fraction of sp³-hybridized carbons (Fsp3) is 0.375. The minimum atomic E-state index is -0.784. The topological polar surface area (TPSA) is 104 Å². The van der Waals surface area contributed by atoms with Gasteiger partial charge in [-0.25, -0.2) is 9.59 Å². The van der Waals surface area contributed by atoms with Crippen LogP contribution in [0.15, 0.2) is 23.1 Å². The number of rotatable bonds is 2. The molecule has 126 valence electrons. The van der Waals surface area contributed by atoms with E-state index in [-0.39, 0.29) is 11.1 Å². The highest BCUT2D eigenvalue weighted by Crippen LogP contribution is 2.12. The van der Waals surface area contributed by atoms with E-state index in [0.29, 0.717) is 49.2 Å². The lowest BCUT2D eigenvalue weighted by Crippen LogP contribution is -2.47. The molecule has 1 fully saturated rings. The summed E-state index contributed by atoms with van der Waals surface area (Å²) in [6.07, 6.45) is 1.26. The van der Waals surface area contributed by atoms with Crippen molar-refractivity contribution in [3.8, 4) is 0 Å². The Labute approximate surface area is 137 Å². The number of piperazine rings is 1. The average Bonchev–Trinajstić information content (AvgIpc) is 2.61. The van der Waals surface area contributed by atoms with Crippen LogP contribution in [0.1, 0.15) is 22.8 Å². The van der Waals surface area contributed by atoms with E-state index in [2.05, 4.69) is 15.3 Å². The summed E-state index contributed by atoms with van der Waals surface area (Å²) in [5.41, 5.74) is 1.54. The smallest absolute Gasteiger partial charge is 0.372 e. The van der Waals surface area contributed by atoms with Gasteiger partial charge in [-0.15, -0.1) is 0 Å². The SMILES string of the molecule is CCc1cc2ncc(C(=O)OC(=O)N3CCNCC3)cc2[nH]c1=O. The molecule has 1 aliphatic rings. The number of fused-ring (bicyclic) bond motifs is 1. The Morgan fingerprint density at radius 1 is 1.29 bits per heavy atom. The van der Waals surface area contributed by atoms with Crippen molar-refractivity contribution in [3.05, 3.63) is 39.8 Å². The summed E-state index contributed by atoms with van der Waals surface area (Å²) in [6, 6.07) is 3.16. The molecule has 2 aromatic rings. The van der Waals surface area contributed by atoms with Crippen LogP contribution in [-0.4, -0.2) is 53.1 Å². The van der Waals surface area contributed by atoms with E-state index in [4.69, 9.17) is 4.74 Å². The minimum absolute atomic E-state index is 0.117. The highest BCUT2D eigenvalue weighted by atomic mass is 16.6. The van der Waals surface area contributed by atoms with E-state index in [1.165, 1.54) is 17.2 Å². The first-order chi connectivity index (χ1) is 11.6. The molecule has 0 radical (unpaired) electrons. The molecule has 1 aliphatic heterocycles. The summed E-state index contributed by atoms with van der Waals surface area (Å²) in [5, 5.41) is 3.11. The Morgan fingerprint density at radius 2 is 2.04 bits per heavy atom. The molecule has 0 aromatic carbocycles. The molecule has 1 saturated heterocycles. The van der Waals surface area contributed by atoms with Crippen LogP contribution in [0, 0.1) is 0 Å². The molecule has 0 bridgehead atoms. The van der Waals surface area contributed by atoms with Crippen LogP contribution in [0.3, 0.4) is 0 Å². The second-order valence-corrected chi connectivity index (χ2v) is 5.53. The molecule has 0 atom stereocenters. The first-order valence-electron chi connectivity index (χ1n) is 7.82. The summed E-state index contributed by atoms with van der Waals surface area (Å²) >= 11 is 0. The molecule has 3 rings (SSSR count). The number of esters is 1. The van der Waals surface area contributed by atoms with Gasteiger partial charge in [0.1, 0.15) is 0 Å². The first-order valence-corrected chi connectivity index (χ1v) is 7.82. The van der Waals surface area contributed by atoms with Crippen LogP contribution in [0.2, 0.25) is 0 Å². The zero-order valence-electron chi connectivity index (χ0n) is 13.3. The number of carbonyl (C=O) groups excluding carboxylic acids is 2. The van der Waals surface area contributed by atoms with Crippen LogP contribution in [0.5, 0.6) is 0 Å². The summed E-state index contributed by atoms with van der Waals surface area (Å²) in [4.78, 5) is 44.3. The van der Waals surface area contributed by atoms with E-state index in [1.54, 1.807) is 6.07 Å². The number of nitrogens with zero attached hydrogens (tertiary/aromatic N) is 2. The van der Waals surface area contributed by atoms with Crippen molar-refractivity contribution >= 4 is 23.1 Å². The van der Waals surface area contributed by atoms with Gasteiger partial charge < -0.3 is 19.9 Å². The number of aromatic amines is 1. The van der Waals surface area contributed by atoms with Gasteiger partial charge in [0.2, 0.25) is 0 Å². The number of hydrogen-bond donors (Lipinski definition) is 2. The van der Waals surface area contributed by atoms with Gasteiger partial charge in [0.25, 0.3) is 5.56 Å². The summed E-state index contributed by atoms with van der Waals surface area (Å²) in [5.74, 6) is -0.784. The normalized spacial score (nSPS) is 14.6. The number of aromatic nitrogens is 2. The molecule has 24 heavy (non-hydrogen) atoms. The maximum atomic E-state index is 12.1. The predicted octanol–water partition coefficient (Wildman–Crippen LogP) is 0.667. The molecule has 2 aromatic heterocycles. The number of hydrogen-bond acceptors (Lipinski definition) is 6. The van der Waals surface area contributed by atoms with Gasteiger partial charge in [-0.2, -0.15) is 0 Å². The van der Waals surface area contributed by atoms with Crippen LogP contribution in [0.4, 0.5) is 4.79 Å². The number of carbonyl (C=O) groups is 2. The molecule has 0 aliphatic carbocycles. The lowest BCUT2D eigenvalue weighted by molar-refractivity contribution is 0.0532. The molecule has 0 spiro atoms. The number of nitrogens with one attached hydrogen (secondary N) is 2. The molecule has 3 heterocycles. The zero-order valence-corrected chi connectivity index (χ0v) is 13.3. The number of ether oxygens (including phenoxy) is 1. The second-order valence-electron chi connectivity index (χ2n) is 5.53. The maximum Gasteiger partial charge on any atom is 0.417 e. The van der Waals surface area contributed by atoms with E-state index >= 15 is 0 Å². The van der Waals surface area contributed by atoms with Crippen molar-refractivity contribution in [1.29, 1.82) is 0 Å². The Bertz CT molecular complexity index is 840. The summed E-state index contributed by atoms with van der Waals surface area (Å²) in [6.45, 7) is 4.21. The quantitative estimate of drug-likeness (QED) is 0.619. The highest BCUT2D eigenvalue weighted by Gasteiger charge is 2.21. The third-order valence-corrected chi connectivity index (χ3v) is 3.94. The Balaban J connectivity index is 1.79. The van der Waals surface area contributed by atoms with Crippen LogP contribution in [-0.2, 0) is 11.2 Å². The van der Waals surface area contributed by atoms with Crippen molar-refractivity contribution in [3.63, 3.8) is 0 Å². The minimum Gasteiger partial charge on any atom is -0.372 e. The lowest BCUT2D eigenvalue weighted by Gasteiger charge is -2.25. The van der Waals surface area contributed by atoms with Crippen molar-refractivity contribution < 1.29 is 14.3 Å². The average molecular weight is 330 g/mol. The van der Waals surface area contributed by atoms with E-state index in [1.807, 2.05) is 6.92 Å². The fourth-order valence-electron chi connectivity index (χ4n) is 2.55. The van der Waals surface area contributed by atoms with E-state index < -0.39 is 12.1 Å². The summed E-state index contributed by atoms with van der Waals surface area (Å²) < 4.78 is 4.89. The van der Waals surface area contributed by atoms with Gasteiger partial charge in [0, 0.05) is 37.9 Å². The number of pyridine rings is 2. The van der Waals surface area contributed by atoms with Crippen molar-refractivity contribution in [2.45, 2.75) is 13.3 Å². The third kappa shape index (κ3) is 3.28. The van der Waals surface area contributed by atoms with Crippen molar-refractivity contribution in [2.75, 3.05) is 26.2 Å². The maximum absolute atomic E-state index is 12.1. The lowest BCUT2D eigenvalue weighted by atomic mass is 10.1. The zero-order chi connectivity index (χ0) is 17.1. The van der Waals surface area contributed by atoms with Crippen LogP contribution in [0.25, 0.3) is 11.0 Å². The van der Waals surface area contributed by atoms with Gasteiger partial charge in [-0.1, -0.05) is 6.92 Å². The summed E-state index contributed by atoms with van der Waals surface area (Å²) in [7, 11) is 0. The van der Waals surface area contributed by atoms with Crippen LogP contribution < -0.4 is 10.9 Å². The Morgan fingerprint density at radius 3 is 2.75 bits per heavy atom. The van der Waals surface area contributed by atoms with E-state index in [0.717, 1.165) is 0 Å². The number of H-pyrrole nitrogens is 1. The Kier molecular flexibility index (Phi) is 4.57. The molecule has 2 N–H and O–H groups in total. The fourth-order valence-corrected chi connectivity index (χ4v) is 2.55. The van der Waals surface area contributed by atoms with Gasteiger partial charge in [-0.05, 0) is 18.6 Å². The molecular weight excluding hydrogens is 312 g/mol. The highest BCUT2D eigenvalue weighted by molar-refractivity contribution is 5.98. The predicted molar refractivity (Wildman–Crippen MR) is 87.0 cm³/mol. The molecule has 8 nitrogen and oxygen atoms in total. The van der Waals surface area contributed by atoms with E-state index in [9.17, 15) is 14.4 Å². The molecular formula is C16H18N4O4. The van der Waals surface area contributed by atoms with Crippen molar-refractivity contribution in [1.82, 2.24) is 20.2 Å². The van der Waals surface area contributed by atoms with Crippen molar-refractivity contribution in [2.24, 2.45) is 0 Å². The van der Waals surface area contributed by atoms with Gasteiger partial charge in [-0.3, -0.25) is 9.78 Å². The molecule has 8 heteroatoms. The number of aryl methyl sites for hydroxylation is 1. The molecule has 1 amide bonds. The van der Waals surface area contributed by atoms with Crippen LogP contribution >= 0.6 is 0 Å². The molecule has 0 saturated carbocycles. The second kappa shape index (κ2) is 6.79. The van der Waals surface area contributed by atoms with Gasteiger partial charge in [0.05, 0.1) is 16.6 Å². The Hall–Kier alpha value is -2.74.